The van der Waals surface area contributed by atoms with Crippen molar-refractivity contribution in [2.24, 2.45) is 0 Å². The summed E-state index contributed by atoms with van der Waals surface area (Å²) in [6, 6.07) is 6.32. The molecule has 0 bridgehead atoms. The minimum absolute atomic E-state index is 0.348. The lowest BCUT2D eigenvalue weighted by Gasteiger charge is -2.04. The van der Waals surface area contributed by atoms with Crippen molar-refractivity contribution in [2.75, 3.05) is 0 Å². The molecule has 0 N–H and O–H groups in total. The van der Waals surface area contributed by atoms with Gasteiger partial charge in [-0.25, -0.2) is 0 Å². The summed E-state index contributed by atoms with van der Waals surface area (Å²) < 4.78 is 5.43. The van der Waals surface area contributed by atoms with Gasteiger partial charge in [-0.15, -0.1) is 0 Å². The molecule has 1 aromatic carbocycles. The van der Waals surface area contributed by atoms with Crippen LogP contribution in [0.3, 0.4) is 0 Å². The van der Waals surface area contributed by atoms with Crippen LogP contribution in [0.25, 0.3) is 17.4 Å². The number of rotatable bonds is 3. The fourth-order valence-corrected chi connectivity index (χ4v) is 2.51. The number of carboxylic acids is 1. The topological polar surface area (TPSA) is 53.3 Å². The molecule has 6 heteroatoms. The zero-order valence-corrected chi connectivity index (χ0v) is 11.6. The first kappa shape index (κ1) is 14.0. The second-order valence-corrected chi connectivity index (χ2v) is 4.85. The highest BCUT2D eigenvalue weighted by atomic mass is 35.5. The van der Waals surface area contributed by atoms with Gasteiger partial charge in [0, 0.05) is 5.02 Å². The molecule has 0 saturated heterocycles. The summed E-state index contributed by atoms with van der Waals surface area (Å²) in [7, 11) is 0. The van der Waals surface area contributed by atoms with Gasteiger partial charge in [-0.2, -0.15) is 0 Å². The molecule has 0 radical (unpaired) electrons. The van der Waals surface area contributed by atoms with Crippen LogP contribution in [0.1, 0.15) is 5.76 Å². The Labute approximate surface area is 124 Å². The summed E-state index contributed by atoms with van der Waals surface area (Å²) >= 11 is 17.9. The number of furan rings is 1. The summed E-state index contributed by atoms with van der Waals surface area (Å²) in [6.45, 7) is 0. The van der Waals surface area contributed by atoms with Gasteiger partial charge in [0.25, 0.3) is 0 Å². The van der Waals surface area contributed by atoms with E-state index in [0.29, 0.717) is 32.2 Å². The summed E-state index contributed by atoms with van der Waals surface area (Å²) in [6.07, 6.45) is 2.14. The van der Waals surface area contributed by atoms with Crippen LogP contribution in [-0.4, -0.2) is 5.97 Å². The van der Waals surface area contributed by atoms with Gasteiger partial charge in [0.2, 0.25) is 0 Å². The molecule has 0 saturated carbocycles. The van der Waals surface area contributed by atoms with Crippen LogP contribution in [0, 0.1) is 0 Å². The predicted octanol–water partition coefficient (Wildman–Crippen LogP) is 3.67. The van der Waals surface area contributed by atoms with Crippen LogP contribution in [0.4, 0.5) is 0 Å². The highest BCUT2D eigenvalue weighted by Crippen LogP contribution is 2.38. The number of aliphatic carboxylic acids is 1. The van der Waals surface area contributed by atoms with Crippen LogP contribution in [0.2, 0.25) is 15.1 Å². The Bertz CT molecular complexity index is 636. The molecule has 0 aliphatic rings. The third-order valence-corrected chi connectivity index (χ3v) is 3.08. The number of carbonyl (C=O) groups is 1. The lowest BCUT2D eigenvalue weighted by molar-refractivity contribution is -0.297. The Hall–Kier alpha value is -1.42. The number of halogens is 3. The van der Waals surface area contributed by atoms with Crippen LogP contribution >= 0.6 is 34.8 Å². The highest BCUT2D eigenvalue weighted by Gasteiger charge is 2.13. The number of benzene rings is 1. The molecule has 3 nitrogen and oxygen atoms in total. The molecule has 2 rings (SSSR count). The van der Waals surface area contributed by atoms with E-state index in [-0.39, 0.29) is 0 Å². The molecule has 0 unspecified atom stereocenters. The van der Waals surface area contributed by atoms with Crippen LogP contribution in [0.5, 0.6) is 0 Å². The van der Waals surface area contributed by atoms with E-state index in [1.165, 1.54) is 6.08 Å². The van der Waals surface area contributed by atoms with Crippen molar-refractivity contribution in [1.29, 1.82) is 0 Å². The van der Waals surface area contributed by atoms with Crippen molar-refractivity contribution < 1.29 is 14.3 Å². The van der Waals surface area contributed by atoms with Crippen molar-refractivity contribution in [2.45, 2.75) is 0 Å². The molecule has 0 spiro atoms. The van der Waals surface area contributed by atoms with Gasteiger partial charge in [0.1, 0.15) is 11.5 Å². The molecule has 0 fully saturated rings. The Morgan fingerprint density at radius 2 is 1.79 bits per heavy atom. The van der Waals surface area contributed by atoms with Gasteiger partial charge in [-0.1, -0.05) is 34.8 Å². The fourth-order valence-electron chi connectivity index (χ4n) is 1.50. The zero-order chi connectivity index (χ0) is 14.0. The molecule has 2 aromatic rings. The Balaban J connectivity index is 2.41. The van der Waals surface area contributed by atoms with E-state index in [1.54, 1.807) is 24.3 Å². The fraction of sp³-hybridized carbons (Fsp3) is 0. The number of carboxylic acid groups (broad SMARTS) is 1. The van der Waals surface area contributed by atoms with E-state index in [2.05, 4.69) is 0 Å². The number of hydrogen-bond acceptors (Lipinski definition) is 3. The molecule has 1 aromatic heterocycles. The van der Waals surface area contributed by atoms with E-state index in [9.17, 15) is 9.90 Å². The third-order valence-electron chi connectivity index (χ3n) is 2.26. The maximum Gasteiger partial charge on any atom is 0.137 e. The van der Waals surface area contributed by atoms with Gasteiger partial charge in [0.05, 0.1) is 21.6 Å². The SMILES string of the molecule is O=C([O-])/C=C/c1ccc(-c2c(Cl)cc(Cl)cc2Cl)o1. The minimum Gasteiger partial charge on any atom is -0.545 e. The minimum atomic E-state index is -1.31. The van der Waals surface area contributed by atoms with Crippen molar-refractivity contribution in [3.05, 3.63) is 51.2 Å². The molecule has 19 heavy (non-hydrogen) atoms. The molecular weight excluding hydrogens is 310 g/mol. The van der Waals surface area contributed by atoms with E-state index < -0.39 is 5.97 Å². The zero-order valence-electron chi connectivity index (χ0n) is 9.32. The van der Waals surface area contributed by atoms with E-state index in [1.807, 2.05) is 0 Å². The number of carbonyl (C=O) groups excluding carboxylic acids is 1. The summed E-state index contributed by atoms with van der Waals surface area (Å²) in [5.41, 5.74) is 0.501. The normalized spacial score (nSPS) is 11.1. The van der Waals surface area contributed by atoms with Crippen LogP contribution in [-0.2, 0) is 4.79 Å². The first-order chi connectivity index (χ1) is 8.97. The molecule has 1 heterocycles. The quantitative estimate of drug-likeness (QED) is 0.812. The van der Waals surface area contributed by atoms with Gasteiger partial charge < -0.3 is 14.3 Å². The molecule has 0 aliphatic heterocycles. The molecular formula is C13H6Cl3O3-. The second kappa shape index (κ2) is 5.70. The maximum absolute atomic E-state index is 10.3. The van der Waals surface area contributed by atoms with Crippen LogP contribution < -0.4 is 5.11 Å². The average Bonchev–Trinajstić information content (AvgIpc) is 2.73. The first-order valence-electron chi connectivity index (χ1n) is 5.11. The number of hydrogen-bond donors (Lipinski definition) is 0. The third kappa shape index (κ3) is 3.32. The largest absolute Gasteiger partial charge is 0.545 e. The van der Waals surface area contributed by atoms with Crippen molar-refractivity contribution >= 4 is 46.8 Å². The smallest absolute Gasteiger partial charge is 0.137 e. The molecule has 98 valence electrons. The molecule has 0 aliphatic carbocycles. The lowest BCUT2D eigenvalue weighted by Crippen LogP contribution is -2.18. The van der Waals surface area contributed by atoms with E-state index in [0.717, 1.165) is 6.08 Å². The highest BCUT2D eigenvalue weighted by molar-refractivity contribution is 6.41. The summed E-state index contributed by atoms with van der Waals surface area (Å²) in [4.78, 5) is 10.3. The monoisotopic (exact) mass is 315 g/mol. The molecule has 0 amide bonds. The predicted molar refractivity (Wildman–Crippen MR) is 73.2 cm³/mol. The van der Waals surface area contributed by atoms with E-state index in [4.69, 9.17) is 39.2 Å². The first-order valence-corrected chi connectivity index (χ1v) is 6.24. The summed E-state index contributed by atoms with van der Waals surface area (Å²) in [5.74, 6) is -0.536. The average molecular weight is 317 g/mol. The van der Waals surface area contributed by atoms with Crippen LogP contribution in [0.15, 0.2) is 34.8 Å². The van der Waals surface area contributed by atoms with Crippen molar-refractivity contribution in [3.63, 3.8) is 0 Å². The van der Waals surface area contributed by atoms with E-state index >= 15 is 0 Å². The Kier molecular flexibility index (Phi) is 4.20. The molecule has 0 atom stereocenters. The second-order valence-electron chi connectivity index (χ2n) is 3.60. The summed E-state index contributed by atoms with van der Waals surface area (Å²) in [5, 5.41) is 11.4. The standard InChI is InChI=1S/C13H7Cl3O3/c14-7-5-9(15)13(10(16)6-7)11-3-1-8(19-11)2-4-12(17)18/h1-6H,(H,17,18)/p-1/b4-2+. The Morgan fingerprint density at radius 1 is 1.16 bits per heavy atom. The van der Waals surface area contributed by atoms with Gasteiger partial charge >= 0.3 is 0 Å². The lowest BCUT2D eigenvalue weighted by atomic mass is 10.2. The maximum atomic E-state index is 10.3. The van der Waals surface area contributed by atoms with Gasteiger partial charge in [-0.05, 0) is 36.4 Å². The van der Waals surface area contributed by atoms with Gasteiger partial charge in [-0.3, -0.25) is 0 Å². The van der Waals surface area contributed by atoms with Crippen molar-refractivity contribution in [1.82, 2.24) is 0 Å². The van der Waals surface area contributed by atoms with Gasteiger partial charge in [0.15, 0.2) is 0 Å². The Morgan fingerprint density at radius 3 is 2.37 bits per heavy atom. The van der Waals surface area contributed by atoms with Crippen molar-refractivity contribution in [3.8, 4) is 11.3 Å².